The fourth-order valence-corrected chi connectivity index (χ4v) is 2.38. The summed E-state index contributed by atoms with van der Waals surface area (Å²) in [6.45, 7) is 5.26. The van der Waals surface area contributed by atoms with Crippen molar-refractivity contribution < 1.29 is 19.4 Å². The van der Waals surface area contributed by atoms with E-state index in [2.05, 4.69) is 5.32 Å². The summed E-state index contributed by atoms with van der Waals surface area (Å²) < 4.78 is 4.79. The molecular weight excluding hydrogens is 342 g/mol. The summed E-state index contributed by atoms with van der Waals surface area (Å²) >= 11 is 0. The quantitative estimate of drug-likeness (QED) is 0.469. The number of carbonyl (C=O) groups excluding carboxylic acids is 1. The van der Waals surface area contributed by atoms with Gasteiger partial charge in [0.05, 0.1) is 22.0 Å². The van der Waals surface area contributed by atoms with E-state index in [-0.39, 0.29) is 17.9 Å². The number of carbonyl (C=O) groups is 1. The van der Waals surface area contributed by atoms with E-state index < -0.39 is 27.2 Å². The molecule has 2 rings (SSSR count). The van der Waals surface area contributed by atoms with Crippen molar-refractivity contribution >= 4 is 28.7 Å². The highest BCUT2D eigenvalue weighted by molar-refractivity contribution is 5.94. The number of hydrogen-bond donors (Lipinski definition) is 1. The first-order valence-electron chi connectivity index (χ1n) is 7.73. The molecule has 0 atom stereocenters. The third-order valence-electron chi connectivity index (χ3n) is 3.87. The standard InChI is InChI=1S/C17H17N3O6/c1-4-26-17(21)12-8-14(19(22)23)16(15(9-12)20(24)25)18-13-7-5-6-10(2)11(13)3/h5-9,18H,4H2,1-3H3. The number of rotatable bonds is 6. The van der Waals surface area contributed by atoms with Gasteiger partial charge in [-0.15, -0.1) is 0 Å². The van der Waals surface area contributed by atoms with Gasteiger partial charge in [0.25, 0.3) is 0 Å². The Kier molecular flexibility index (Phi) is 5.51. The maximum absolute atomic E-state index is 11.9. The maximum Gasteiger partial charge on any atom is 0.338 e. The van der Waals surface area contributed by atoms with Gasteiger partial charge in [-0.1, -0.05) is 12.1 Å². The average Bonchev–Trinajstić information content (AvgIpc) is 2.58. The fourth-order valence-electron chi connectivity index (χ4n) is 2.38. The van der Waals surface area contributed by atoms with E-state index in [0.717, 1.165) is 23.3 Å². The fraction of sp³-hybridized carbons (Fsp3) is 0.235. The Labute approximate surface area is 148 Å². The van der Waals surface area contributed by atoms with E-state index in [1.807, 2.05) is 13.0 Å². The van der Waals surface area contributed by atoms with Crippen LogP contribution in [0.3, 0.4) is 0 Å². The van der Waals surface area contributed by atoms with Crippen molar-refractivity contribution in [2.75, 3.05) is 11.9 Å². The zero-order chi connectivity index (χ0) is 19.4. The predicted octanol–water partition coefficient (Wildman–Crippen LogP) is 4.04. The summed E-state index contributed by atoms with van der Waals surface area (Å²) in [6.07, 6.45) is 0. The molecule has 0 aromatic heterocycles. The Bertz CT molecular complexity index is 859. The first-order chi connectivity index (χ1) is 12.3. The predicted molar refractivity (Wildman–Crippen MR) is 94.9 cm³/mol. The van der Waals surface area contributed by atoms with Crippen LogP contribution in [0.4, 0.5) is 22.7 Å². The molecule has 0 unspecified atom stereocenters. The van der Waals surface area contributed by atoms with Crippen molar-refractivity contribution in [1.29, 1.82) is 0 Å². The topological polar surface area (TPSA) is 125 Å². The van der Waals surface area contributed by atoms with Crippen LogP contribution in [0.15, 0.2) is 30.3 Å². The lowest BCUT2D eigenvalue weighted by Crippen LogP contribution is -2.09. The average molecular weight is 359 g/mol. The highest BCUT2D eigenvalue weighted by Crippen LogP contribution is 2.38. The molecular formula is C17H17N3O6. The van der Waals surface area contributed by atoms with Crippen LogP contribution in [-0.4, -0.2) is 22.4 Å². The smallest absolute Gasteiger partial charge is 0.338 e. The number of nitro benzene ring substituents is 2. The minimum Gasteiger partial charge on any atom is -0.462 e. The molecule has 0 saturated carbocycles. The van der Waals surface area contributed by atoms with Gasteiger partial charge < -0.3 is 10.1 Å². The van der Waals surface area contributed by atoms with E-state index in [9.17, 15) is 25.0 Å². The number of nitrogens with one attached hydrogen (secondary N) is 1. The summed E-state index contributed by atoms with van der Waals surface area (Å²) in [7, 11) is 0. The third-order valence-corrected chi connectivity index (χ3v) is 3.87. The van der Waals surface area contributed by atoms with Crippen LogP contribution in [0.5, 0.6) is 0 Å². The van der Waals surface area contributed by atoms with Gasteiger partial charge in [-0.05, 0) is 38.0 Å². The zero-order valence-corrected chi connectivity index (χ0v) is 14.4. The molecule has 0 heterocycles. The van der Waals surface area contributed by atoms with Gasteiger partial charge in [0.2, 0.25) is 0 Å². The van der Waals surface area contributed by atoms with Crippen LogP contribution in [0, 0.1) is 34.1 Å². The van der Waals surface area contributed by atoms with Gasteiger partial charge in [0.15, 0.2) is 5.69 Å². The highest BCUT2D eigenvalue weighted by Gasteiger charge is 2.29. The normalized spacial score (nSPS) is 10.3. The Hall–Kier alpha value is -3.49. The summed E-state index contributed by atoms with van der Waals surface area (Å²) in [5, 5.41) is 25.7. The first kappa shape index (κ1) is 18.8. The second-order valence-corrected chi connectivity index (χ2v) is 5.50. The van der Waals surface area contributed by atoms with Crippen molar-refractivity contribution in [2.45, 2.75) is 20.8 Å². The Morgan fingerprint density at radius 2 is 1.69 bits per heavy atom. The molecule has 2 aromatic rings. The van der Waals surface area contributed by atoms with E-state index in [4.69, 9.17) is 4.74 Å². The minimum atomic E-state index is -0.864. The molecule has 0 saturated heterocycles. The second-order valence-electron chi connectivity index (χ2n) is 5.50. The minimum absolute atomic E-state index is 0.0446. The Balaban J connectivity index is 2.66. The van der Waals surface area contributed by atoms with Crippen molar-refractivity contribution in [3.63, 3.8) is 0 Å². The SMILES string of the molecule is CCOC(=O)c1cc([N+](=O)[O-])c(Nc2cccc(C)c2C)c([N+](=O)[O-])c1. The van der Waals surface area contributed by atoms with Crippen LogP contribution in [0.25, 0.3) is 0 Å². The van der Waals surface area contributed by atoms with E-state index in [0.29, 0.717) is 5.69 Å². The van der Waals surface area contributed by atoms with Crippen molar-refractivity contribution in [3.05, 3.63) is 67.3 Å². The molecule has 26 heavy (non-hydrogen) atoms. The van der Waals surface area contributed by atoms with E-state index in [1.54, 1.807) is 26.0 Å². The maximum atomic E-state index is 11.9. The number of aryl methyl sites for hydroxylation is 1. The van der Waals surface area contributed by atoms with Gasteiger partial charge >= 0.3 is 17.3 Å². The van der Waals surface area contributed by atoms with Crippen LogP contribution in [-0.2, 0) is 4.74 Å². The van der Waals surface area contributed by atoms with Gasteiger partial charge in [-0.2, -0.15) is 0 Å². The Morgan fingerprint density at radius 3 is 2.19 bits per heavy atom. The van der Waals surface area contributed by atoms with Gasteiger partial charge in [0.1, 0.15) is 0 Å². The van der Waals surface area contributed by atoms with E-state index in [1.165, 1.54) is 0 Å². The van der Waals surface area contributed by atoms with Crippen molar-refractivity contribution in [2.24, 2.45) is 0 Å². The lowest BCUT2D eigenvalue weighted by molar-refractivity contribution is -0.392. The summed E-state index contributed by atoms with van der Waals surface area (Å²) in [6, 6.07) is 7.19. The molecule has 0 bridgehead atoms. The molecule has 0 aliphatic carbocycles. The lowest BCUT2D eigenvalue weighted by atomic mass is 10.1. The largest absolute Gasteiger partial charge is 0.462 e. The second kappa shape index (κ2) is 7.60. The number of esters is 1. The number of anilines is 2. The van der Waals surface area contributed by atoms with Gasteiger partial charge in [0, 0.05) is 17.8 Å². The summed E-state index contributed by atoms with van der Waals surface area (Å²) in [4.78, 5) is 33.3. The molecule has 0 aliphatic heterocycles. The number of hydrogen-bond acceptors (Lipinski definition) is 7. The van der Waals surface area contributed by atoms with Crippen LogP contribution >= 0.6 is 0 Å². The molecule has 1 N–H and O–H groups in total. The van der Waals surface area contributed by atoms with Crippen LogP contribution < -0.4 is 5.32 Å². The molecule has 0 fully saturated rings. The molecule has 0 amide bonds. The number of nitro groups is 2. The highest BCUT2D eigenvalue weighted by atomic mass is 16.6. The number of nitrogens with zero attached hydrogens (tertiary/aromatic N) is 2. The van der Waals surface area contributed by atoms with Crippen LogP contribution in [0.1, 0.15) is 28.4 Å². The number of benzene rings is 2. The van der Waals surface area contributed by atoms with Crippen molar-refractivity contribution in [1.82, 2.24) is 0 Å². The van der Waals surface area contributed by atoms with Crippen molar-refractivity contribution in [3.8, 4) is 0 Å². The van der Waals surface area contributed by atoms with Gasteiger partial charge in [-0.3, -0.25) is 20.2 Å². The van der Waals surface area contributed by atoms with Gasteiger partial charge in [-0.25, -0.2) is 4.79 Å². The summed E-state index contributed by atoms with van der Waals surface area (Å²) in [5.41, 5.74) is 0.513. The molecule has 9 nitrogen and oxygen atoms in total. The summed E-state index contributed by atoms with van der Waals surface area (Å²) in [5.74, 6) is -0.864. The third kappa shape index (κ3) is 3.77. The first-order valence-corrected chi connectivity index (χ1v) is 7.73. The Morgan fingerprint density at radius 1 is 1.12 bits per heavy atom. The molecule has 0 radical (unpaired) electrons. The molecule has 0 spiro atoms. The monoisotopic (exact) mass is 359 g/mol. The molecule has 0 aliphatic rings. The molecule has 2 aromatic carbocycles. The molecule has 136 valence electrons. The van der Waals surface area contributed by atoms with Crippen LogP contribution in [0.2, 0.25) is 0 Å². The number of ether oxygens (including phenoxy) is 1. The van der Waals surface area contributed by atoms with E-state index >= 15 is 0 Å². The molecule has 9 heteroatoms. The zero-order valence-electron chi connectivity index (χ0n) is 14.4. The lowest BCUT2D eigenvalue weighted by Gasteiger charge is -2.13.